The lowest BCUT2D eigenvalue weighted by atomic mass is 10.1. The Balaban J connectivity index is 1.82. The predicted molar refractivity (Wildman–Crippen MR) is 68.0 cm³/mol. The van der Waals surface area contributed by atoms with E-state index in [0.29, 0.717) is 17.2 Å². The molecule has 0 saturated carbocycles. The summed E-state index contributed by atoms with van der Waals surface area (Å²) in [5, 5.41) is 2.40. The molecular weight excluding hydrogens is 234 g/mol. The average molecular weight is 247 g/mol. The molecule has 0 bridgehead atoms. The molecule has 0 fully saturated rings. The van der Waals surface area contributed by atoms with Crippen molar-refractivity contribution in [2.75, 3.05) is 5.73 Å². The van der Waals surface area contributed by atoms with E-state index < -0.39 is 0 Å². The van der Waals surface area contributed by atoms with Gasteiger partial charge in [-0.2, -0.15) is 0 Å². The minimum Gasteiger partial charge on any atom is -0.384 e. The van der Waals surface area contributed by atoms with Gasteiger partial charge in [0, 0.05) is 23.7 Å². The Bertz CT molecular complexity index is 496. The van der Waals surface area contributed by atoms with Gasteiger partial charge in [0.25, 0.3) is 0 Å². The number of aryl methyl sites for hydroxylation is 1. The van der Waals surface area contributed by atoms with Gasteiger partial charge in [-0.3, -0.25) is 4.79 Å². The highest BCUT2D eigenvalue weighted by atomic mass is 32.1. The third kappa shape index (κ3) is 3.35. The molecule has 0 aromatic carbocycles. The van der Waals surface area contributed by atoms with Crippen LogP contribution in [0.15, 0.2) is 29.8 Å². The zero-order valence-corrected chi connectivity index (χ0v) is 10.1. The number of nitrogens with zero attached hydrogens (tertiary/aromatic N) is 2. The third-order valence-electron chi connectivity index (χ3n) is 2.34. The van der Waals surface area contributed by atoms with Gasteiger partial charge in [-0.15, -0.1) is 11.3 Å². The van der Waals surface area contributed by atoms with Crippen LogP contribution in [0.1, 0.15) is 28.3 Å². The number of anilines is 1. The SMILES string of the molecule is Nc1cccc(CCCC(=O)c2nccs2)n1. The molecule has 2 N–H and O–H groups in total. The zero-order valence-electron chi connectivity index (χ0n) is 9.30. The van der Waals surface area contributed by atoms with Crippen LogP contribution in [-0.2, 0) is 6.42 Å². The number of carbonyl (C=O) groups is 1. The molecule has 88 valence electrons. The maximum atomic E-state index is 11.7. The first-order valence-electron chi connectivity index (χ1n) is 5.40. The molecule has 0 atom stereocenters. The fourth-order valence-electron chi connectivity index (χ4n) is 1.54. The first-order chi connectivity index (χ1) is 8.25. The van der Waals surface area contributed by atoms with Gasteiger partial charge in [-0.1, -0.05) is 6.07 Å². The van der Waals surface area contributed by atoms with Gasteiger partial charge in [0.2, 0.25) is 0 Å². The normalized spacial score (nSPS) is 10.4. The maximum absolute atomic E-state index is 11.7. The van der Waals surface area contributed by atoms with Crippen LogP contribution in [0.2, 0.25) is 0 Å². The van der Waals surface area contributed by atoms with Gasteiger partial charge in [-0.05, 0) is 25.0 Å². The molecule has 17 heavy (non-hydrogen) atoms. The van der Waals surface area contributed by atoms with E-state index >= 15 is 0 Å². The van der Waals surface area contributed by atoms with Crippen molar-refractivity contribution in [3.63, 3.8) is 0 Å². The largest absolute Gasteiger partial charge is 0.384 e. The summed E-state index contributed by atoms with van der Waals surface area (Å²) in [5.41, 5.74) is 6.51. The zero-order chi connectivity index (χ0) is 12.1. The summed E-state index contributed by atoms with van der Waals surface area (Å²) in [6, 6.07) is 5.55. The summed E-state index contributed by atoms with van der Waals surface area (Å²) < 4.78 is 0. The van der Waals surface area contributed by atoms with Crippen molar-refractivity contribution in [2.45, 2.75) is 19.3 Å². The molecule has 5 heteroatoms. The molecule has 2 aromatic heterocycles. The van der Waals surface area contributed by atoms with E-state index in [1.807, 2.05) is 17.5 Å². The van der Waals surface area contributed by atoms with Crippen LogP contribution < -0.4 is 5.73 Å². The number of hydrogen-bond donors (Lipinski definition) is 1. The number of nitrogen functional groups attached to an aromatic ring is 1. The van der Waals surface area contributed by atoms with Crippen molar-refractivity contribution >= 4 is 22.9 Å². The number of rotatable bonds is 5. The third-order valence-corrected chi connectivity index (χ3v) is 3.15. The molecule has 2 aromatic rings. The Morgan fingerprint density at radius 3 is 3.00 bits per heavy atom. The number of carbonyl (C=O) groups excluding carboxylic acids is 1. The van der Waals surface area contributed by atoms with E-state index in [9.17, 15) is 4.79 Å². The second-order valence-electron chi connectivity index (χ2n) is 3.67. The summed E-state index contributed by atoms with van der Waals surface area (Å²) in [5.74, 6) is 0.623. The molecule has 0 saturated heterocycles. The number of pyridine rings is 1. The Morgan fingerprint density at radius 1 is 1.41 bits per heavy atom. The Morgan fingerprint density at radius 2 is 2.29 bits per heavy atom. The molecule has 4 nitrogen and oxygen atoms in total. The van der Waals surface area contributed by atoms with E-state index in [1.54, 1.807) is 12.3 Å². The van der Waals surface area contributed by atoms with Crippen molar-refractivity contribution in [1.29, 1.82) is 0 Å². The van der Waals surface area contributed by atoms with E-state index in [4.69, 9.17) is 5.73 Å². The van der Waals surface area contributed by atoms with E-state index in [-0.39, 0.29) is 5.78 Å². The molecule has 0 radical (unpaired) electrons. The lowest BCUT2D eigenvalue weighted by molar-refractivity contribution is 0.0980. The summed E-state index contributed by atoms with van der Waals surface area (Å²) in [6.45, 7) is 0. The Labute approximate surface area is 104 Å². The van der Waals surface area contributed by atoms with Gasteiger partial charge in [0.1, 0.15) is 5.82 Å². The Kier molecular flexibility index (Phi) is 3.82. The maximum Gasteiger partial charge on any atom is 0.191 e. The highest BCUT2D eigenvalue weighted by Crippen LogP contribution is 2.11. The molecule has 0 aliphatic heterocycles. The number of aromatic nitrogens is 2. The van der Waals surface area contributed by atoms with Crippen LogP contribution in [-0.4, -0.2) is 15.8 Å². The summed E-state index contributed by atoms with van der Waals surface area (Å²) in [6.07, 6.45) is 3.69. The molecule has 0 aliphatic rings. The number of hydrogen-bond acceptors (Lipinski definition) is 5. The Hall–Kier alpha value is -1.75. The smallest absolute Gasteiger partial charge is 0.191 e. The average Bonchev–Trinajstić information content (AvgIpc) is 2.82. The van der Waals surface area contributed by atoms with Crippen LogP contribution in [0.4, 0.5) is 5.82 Å². The van der Waals surface area contributed by atoms with E-state index in [0.717, 1.165) is 18.5 Å². The van der Waals surface area contributed by atoms with Gasteiger partial charge in [-0.25, -0.2) is 9.97 Å². The topological polar surface area (TPSA) is 68.9 Å². The highest BCUT2D eigenvalue weighted by molar-refractivity contribution is 7.11. The number of thiazole rings is 1. The van der Waals surface area contributed by atoms with Gasteiger partial charge in [0.15, 0.2) is 10.8 Å². The van der Waals surface area contributed by atoms with Crippen LogP contribution in [0, 0.1) is 0 Å². The summed E-state index contributed by atoms with van der Waals surface area (Å²) in [7, 11) is 0. The minimum atomic E-state index is 0.101. The first kappa shape index (κ1) is 11.7. The molecule has 2 heterocycles. The number of Topliss-reactive ketones (excluding diaryl/α,β-unsaturated/α-hetero) is 1. The summed E-state index contributed by atoms with van der Waals surface area (Å²) in [4.78, 5) is 19.8. The van der Waals surface area contributed by atoms with Crippen molar-refractivity contribution in [3.05, 3.63) is 40.5 Å². The fourth-order valence-corrected chi connectivity index (χ4v) is 2.14. The van der Waals surface area contributed by atoms with Crippen LogP contribution >= 0.6 is 11.3 Å². The molecular formula is C12H13N3OS. The predicted octanol–water partition coefficient (Wildman–Crippen LogP) is 2.33. The quantitative estimate of drug-likeness (QED) is 0.823. The monoisotopic (exact) mass is 247 g/mol. The standard InChI is InChI=1S/C12H13N3OS/c13-11-6-2-4-9(15-11)3-1-5-10(16)12-14-7-8-17-12/h2,4,6-8H,1,3,5H2,(H2,13,15). The van der Waals surface area contributed by atoms with Gasteiger partial charge in [0.05, 0.1) is 0 Å². The first-order valence-corrected chi connectivity index (χ1v) is 6.28. The van der Waals surface area contributed by atoms with Crippen molar-refractivity contribution in [2.24, 2.45) is 0 Å². The fraction of sp³-hybridized carbons (Fsp3) is 0.250. The second kappa shape index (κ2) is 5.54. The van der Waals surface area contributed by atoms with Crippen molar-refractivity contribution < 1.29 is 4.79 Å². The van der Waals surface area contributed by atoms with Crippen molar-refractivity contribution in [3.8, 4) is 0 Å². The van der Waals surface area contributed by atoms with Crippen LogP contribution in [0.3, 0.4) is 0 Å². The van der Waals surface area contributed by atoms with Gasteiger partial charge < -0.3 is 5.73 Å². The number of nitrogens with two attached hydrogens (primary N) is 1. The number of ketones is 1. The second-order valence-corrected chi connectivity index (χ2v) is 4.56. The molecule has 2 rings (SSSR count). The lowest BCUT2D eigenvalue weighted by Gasteiger charge is -2.00. The minimum absolute atomic E-state index is 0.101. The molecule has 0 aliphatic carbocycles. The molecule has 0 amide bonds. The lowest BCUT2D eigenvalue weighted by Crippen LogP contribution is -2.00. The van der Waals surface area contributed by atoms with Gasteiger partial charge >= 0.3 is 0 Å². The van der Waals surface area contributed by atoms with Crippen LogP contribution in [0.25, 0.3) is 0 Å². The molecule has 0 spiro atoms. The van der Waals surface area contributed by atoms with Crippen LogP contribution in [0.5, 0.6) is 0 Å². The van der Waals surface area contributed by atoms with E-state index in [1.165, 1.54) is 11.3 Å². The summed E-state index contributed by atoms with van der Waals surface area (Å²) >= 11 is 1.38. The van der Waals surface area contributed by atoms with E-state index in [2.05, 4.69) is 9.97 Å². The van der Waals surface area contributed by atoms with Crippen molar-refractivity contribution in [1.82, 2.24) is 9.97 Å². The molecule has 0 unspecified atom stereocenters. The highest BCUT2D eigenvalue weighted by Gasteiger charge is 2.08.